The van der Waals surface area contributed by atoms with Crippen molar-refractivity contribution in [3.8, 4) is 11.8 Å². The quantitative estimate of drug-likeness (QED) is 0.264. The molecule has 0 saturated heterocycles. The summed E-state index contributed by atoms with van der Waals surface area (Å²) in [7, 11) is -1.28. The molecule has 0 aliphatic carbocycles. The summed E-state index contributed by atoms with van der Waals surface area (Å²) in [5.74, 6) is -1.23. The van der Waals surface area contributed by atoms with Crippen LogP contribution in [0.25, 0.3) is 0 Å². The van der Waals surface area contributed by atoms with Crippen molar-refractivity contribution in [2.24, 2.45) is 0 Å². The average Bonchev–Trinajstić information content (AvgIpc) is 2.72. The third-order valence-electron chi connectivity index (χ3n) is 4.53. The largest absolute Gasteiger partial charge is 0.535 e. The molecule has 0 fully saturated rings. The number of ketones is 1. The minimum Gasteiger partial charge on any atom is -0.535 e. The third kappa shape index (κ3) is 6.78. The lowest BCUT2D eigenvalue weighted by Gasteiger charge is -2.28. The molecule has 0 aromatic heterocycles. The fraction of sp³-hybridized carbons (Fsp3) is 0.500. The predicted molar refractivity (Wildman–Crippen MR) is 105 cm³/mol. The fourth-order valence-corrected chi connectivity index (χ4v) is 2.96. The van der Waals surface area contributed by atoms with Crippen molar-refractivity contribution in [2.75, 3.05) is 13.4 Å². The van der Waals surface area contributed by atoms with E-state index in [0.29, 0.717) is 18.4 Å². The Hall–Kier alpha value is -3.06. The molecule has 1 N–H and O–H groups in total. The van der Waals surface area contributed by atoms with E-state index in [1.54, 1.807) is 12.1 Å². The number of carbonyl (C=O) groups excluding carboxylic acids is 3. The third-order valence-corrected chi connectivity index (χ3v) is 4.53. The number of nitrogens with zero attached hydrogens (tertiary/aromatic N) is 1. The number of hydrogen-bond acceptors (Lipinski definition) is 9. The van der Waals surface area contributed by atoms with Gasteiger partial charge in [0.25, 0.3) is 0 Å². The second kappa shape index (κ2) is 11.8. The van der Waals surface area contributed by atoms with Crippen molar-refractivity contribution in [1.82, 2.24) is 0 Å². The summed E-state index contributed by atoms with van der Waals surface area (Å²) >= 11 is 0. The highest BCUT2D eigenvalue weighted by Crippen LogP contribution is 2.36. The molecule has 1 atom stereocenters. The number of hydrogen-bond donors (Lipinski definition) is 1. The van der Waals surface area contributed by atoms with Gasteiger partial charge in [-0.2, -0.15) is 5.26 Å². The Morgan fingerprint density at radius 1 is 1.30 bits per heavy atom. The van der Waals surface area contributed by atoms with Crippen molar-refractivity contribution >= 4 is 25.0 Å². The van der Waals surface area contributed by atoms with E-state index in [1.807, 2.05) is 13.0 Å². The smallest absolute Gasteiger partial charge is 0.526 e. The van der Waals surface area contributed by atoms with E-state index in [-0.39, 0.29) is 43.0 Å². The zero-order chi connectivity index (χ0) is 21.9. The summed E-state index contributed by atoms with van der Waals surface area (Å²) in [6.07, 6.45) is 1.30. The Balaban J connectivity index is 1.94. The summed E-state index contributed by atoms with van der Waals surface area (Å²) in [6, 6.07) is 6.74. The number of esters is 1. The molecule has 1 aliphatic rings. The van der Waals surface area contributed by atoms with Crippen LogP contribution in [0.2, 0.25) is 5.82 Å². The van der Waals surface area contributed by atoms with Gasteiger partial charge in [-0.15, -0.1) is 0 Å². The molecule has 0 saturated carbocycles. The van der Waals surface area contributed by atoms with Crippen LogP contribution in [0.3, 0.4) is 0 Å². The Labute approximate surface area is 175 Å². The van der Waals surface area contributed by atoms with Gasteiger partial charge < -0.3 is 23.9 Å². The van der Waals surface area contributed by atoms with E-state index in [9.17, 15) is 19.4 Å². The molecule has 1 aromatic carbocycles. The van der Waals surface area contributed by atoms with Gasteiger partial charge in [-0.1, -0.05) is 25.5 Å². The summed E-state index contributed by atoms with van der Waals surface area (Å²) < 4.78 is 19.9. The SMILES string of the molecule is CCCCOC(=O)OCOC(=O)c1cccc2c1OB(O)[C@@H](CC(=O)CCC#N)C2. The number of Topliss-reactive ketones (excluding diaryl/α,β-unsaturated/α-hetero) is 1. The van der Waals surface area contributed by atoms with E-state index < -0.39 is 31.9 Å². The molecule has 0 unspecified atom stereocenters. The van der Waals surface area contributed by atoms with Crippen LogP contribution >= 0.6 is 0 Å². The minimum absolute atomic E-state index is 0.0729. The van der Waals surface area contributed by atoms with Gasteiger partial charge >= 0.3 is 19.2 Å². The first-order valence-electron chi connectivity index (χ1n) is 9.78. The van der Waals surface area contributed by atoms with E-state index >= 15 is 0 Å². The van der Waals surface area contributed by atoms with Crippen LogP contribution in [0.4, 0.5) is 4.79 Å². The summed E-state index contributed by atoms with van der Waals surface area (Å²) in [5.41, 5.74) is 0.719. The van der Waals surface area contributed by atoms with Crippen LogP contribution in [0.15, 0.2) is 18.2 Å². The number of fused-ring (bicyclic) bond motifs is 1. The number of para-hydroxylation sites is 1. The van der Waals surface area contributed by atoms with Gasteiger partial charge in [0.1, 0.15) is 17.1 Å². The number of ether oxygens (including phenoxy) is 3. The standard InChI is InChI=1S/C20H24BNO8/c1-2-3-10-27-20(25)29-13-28-19(24)17-8-4-6-14-11-15(21(26)30-18(14)17)12-16(23)7-5-9-22/h4,6,8,15,26H,2-3,5,7,10-13H2,1H3/t15-/m1/s1. The molecular formula is C20H24BNO8. The minimum atomic E-state index is -1.28. The van der Waals surface area contributed by atoms with Crippen molar-refractivity contribution in [3.05, 3.63) is 29.3 Å². The molecule has 1 aliphatic heterocycles. The first kappa shape index (κ1) is 23.2. The van der Waals surface area contributed by atoms with Gasteiger partial charge in [0, 0.05) is 25.1 Å². The molecule has 2 rings (SSSR count). The van der Waals surface area contributed by atoms with Gasteiger partial charge in [0.05, 0.1) is 12.7 Å². The van der Waals surface area contributed by atoms with Crippen LogP contribution in [0.1, 0.15) is 54.9 Å². The molecular weight excluding hydrogens is 393 g/mol. The van der Waals surface area contributed by atoms with Crippen LogP contribution in [-0.2, 0) is 25.4 Å². The lowest BCUT2D eigenvalue weighted by Crippen LogP contribution is -2.36. The van der Waals surface area contributed by atoms with Crippen molar-refractivity contribution in [3.63, 3.8) is 0 Å². The summed E-state index contributed by atoms with van der Waals surface area (Å²) in [6.45, 7) is 1.55. The molecule has 30 heavy (non-hydrogen) atoms. The molecule has 160 valence electrons. The van der Waals surface area contributed by atoms with E-state index in [0.717, 1.165) is 6.42 Å². The zero-order valence-corrected chi connectivity index (χ0v) is 16.8. The maximum Gasteiger partial charge on any atom is 0.526 e. The second-order valence-corrected chi connectivity index (χ2v) is 6.81. The van der Waals surface area contributed by atoms with Crippen LogP contribution in [0.5, 0.6) is 5.75 Å². The number of nitriles is 1. The fourth-order valence-electron chi connectivity index (χ4n) is 2.96. The number of carbonyl (C=O) groups is 3. The highest BCUT2D eigenvalue weighted by atomic mass is 16.8. The number of benzene rings is 1. The van der Waals surface area contributed by atoms with Crippen LogP contribution in [0, 0.1) is 11.3 Å². The molecule has 10 heteroatoms. The summed E-state index contributed by atoms with van der Waals surface area (Å²) in [5, 5.41) is 18.8. The molecule has 1 heterocycles. The van der Waals surface area contributed by atoms with Crippen molar-refractivity contribution < 1.29 is 38.3 Å². The first-order valence-corrected chi connectivity index (χ1v) is 9.78. The van der Waals surface area contributed by atoms with Gasteiger partial charge in [-0.25, -0.2) is 9.59 Å². The Kier molecular flexibility index (Phi) is 9.16. The maximum absolute atomic E-state index is 12.3. The molecule has 9 nitrogen and oxygen atoms in total. The van der Waals surface area contributed by atoms with E-state index in [2.05, 4.69) is 4.74 Å². The topological polar surface area (TPSA) is 132 Å². The Morgan fingerprint density at radius 2 is 2.10 bits per heavy atom. The molecule has 0 amide bonds. The van der Waals surface area contributed by atoms with Gasteiger partial charge in [-0.3, -0.25) is 4.79 Å². The number of unbranched alkanes of at least 4 members (excludes halogenated alkanes) is 1. The first-order chi connectivity index (χ1) is 14.5. The number of rotatable bonds is 10. The van der Waals surface area contributed by atoms with E-state index in [1.165, 1.54) is 6.07 Å². The molecule has 0 bridgehead atoms. The van der Waals surface area contributed by atoms with Gasteiger partial charge in [-0.05, 0) is 24.5 Å². The van der Waals surface area contributed by atoms with Crippen molar-refractivity contribution in [1.29, 1.82) is 5.26 Å². The summed E-state index contributed by atoms with van der Waals surface area (Å²) in [4.78, 5) is 35.6. The Morgan fingerprint density at radius 3 is 2.83 bits per heavy atom. The van der Waals surface area contributed by atoms with Crippen LogP contribution in [-0.4, -0.2) is 43.5 Å². The predicted octanol–water partition coefficient (Wildman–Crippen LogP) is 2.80. The van der Waals surface area contributed by atoms with Gasteiger partial charge in [0.15, 0.2) is 0 Å². The van der Waals surface area contributed by atoms with E-state index in [4.69, 9.17) is 19.4 Å². The molecule has 1 aromatic rings. The molecule has 0 spiro atoms. The monoisotopic (exact) mass is 417 g/mol. The second-order valence-electron chi connectivity index (χ2n) is 6.81. The Bertz CT molecular complexity index is 806. The lowest BCUT2D eigenvalue weighted by atomic mass is 9.64. The lowest BCUT2D eigenvalue weighted by molar-refractivity contribution is -0.119. The normalized spacial score (nSPS) is 14.7. The van der Waals surface area contributed by atoms with Crippen LogP contribution < -0.4 is 4.65 Å². The highest BCUT2D eigenvalue weighted by Gasteiger charge is 2.37. The highest BCUT2D eigenvalue weighted by molar-refractivity contribution is 6.47. The molecule has 0 radical (unpaired) electrons. The average molecular weight is 417 g/mol. The van der Waals surface area contributed by atoms with Crippen molar-refractivity contribution in [2.45, 2.75) is 51.3 Å². The zero-order valence-electron chi connectivity index (χ0n) is 16.8. The maximum atomic E-state index is 12.3. The van der Waals surface area contributed by atoms with Gasteiger partial charge in [0.2, 0.25) is 6.79 Å².